The van der Waals surface area contributed by atoms with Gasteiger partial charge in [0.25, 0.3) is 0 Å². The fraction of sp³-hybridized carbons (Fsp3) is 0.571. The van der Waals surface area contributed by atoms with Crippen LogP contribution < -0.4 is 5.73 Å². The largest absolute Gasteiger partial charge is 0.329 e. The molecule has 0 amide bonds. The molecule has 1 rings (SSSR count). The van der Waals surface area contributed by atoms with Gasteiger partial charge in [-0.25, -0.2) is 0 Å². The molecule has 0 fully saturated rings. The van der Waals surface area contributed by atoms with E-state index in [-0.39, 0.29) is 6.04 Å². The topological polar surface area (TPSA) is 29.3 Å². The van der Waals surface area contributed by atoms with Crippen LogP contribution in [0.25, 0.3) is 0 Å². The summed E-state index contributed by atoms with van der Waals surface area (Å²) in [6, 6.07) is 8.60. The zero-order chi connectivity index (χ0) is 13.0. The molecule has 0 spiro atoms. The van der Waals surface area contributed by atoms with Crippen molar-refractivity contribution in [3.63, 3.8) is 0 Å². The Morgan fingerprint density at radius 1 is 1.24 bits per heavy atom. The second-order valence-corrected chi connectivity index (χ2v) is 5.33. The molecule has 0 radical (unpaired) electrons. The average molecular weight is 255 g/mol. The molecule has 2 unspecified atom stereocenters. The van der Waals surface area contributed by atoms with E-state index >= 15 is 0 Å². The molecule has 0 heterocycles. The van der Waals surface area contributed by atoms with Gasteiger partial charge in [-0.05, 0) is 31.5 Å². The van der Waals surface area contributed by atoms with Crippen LogP contribution in [0, 0.1) is 5.92 Å². The first-order chi connectivity index (χ1) is 7.99. The van der Waals surface area contributed by atoms with Crippen LogP contribution in [-0.4, -0.2) is 24.5 Å². The smallest absolute Gasteiger partial charge is 0.0485 e. The van der Waals surface area contributed by atoms with Crippen molar-refractivity contribution in [2.24, 2.45) is 11.7 Å². The minimum atomic E-state index is 0.182. The van der Waals surface area contributed by atoms with Crippen LogP contribution >= 0.6 is 11.6 Å². The minimum absolute atomic E-state index is 0.182. The summed E-state index contributed by atoms with van der Waals surface area (Å²) in [7, 11) is 2.12. The molecular weight excluding hydrogens is 232 g/mol. The second kappa shape index (κ2) is 6.39. The number of nitrogens with two attached hydrogens (primary N) is 1. The Labute approximate surface area is 110 Å². The van der Waals surface area contributed by atoms with Crippen molar-refractivity contribution in [1.29, 1.82) is 0 Å². The van der Waals surface area contributed by atoms with Crippen molar-refractivity contribution in [3.05, 3.63) is 34.9 Å². The number of benzene rings is 1. The van der Waals surface area contributed by atoms with E-state index in [1.54, 1.807) is 0 Å². The van der Waals surface area contributed by atoms with E-state index in [9.17, 15) is 0 Å². The zero-order valence-corrected chi connectivity index (χ0v) is 11.9. The van der Waals surface area contributed by atoms with E-state index in [2.05, 4.69) is 38.8 Å². The molecule has 0 bridgehead atoms. The third-order valence-corrected chi connectivity index (χ3v) is 3.93. The first-order valence-corrected chi connectivity index (χ1v) is 6.53. The summed E-state index contributed by atoms with van der Waals surface area (Å²) in [6.07, 6.45) is 0. The van der Waals surface area contributed by atoms with Crippen molar-refractivity contribution in [1.82, 2.24) is 4.90 Å². The van der Waals surface area contributed by atoms with Gasteiger partial charge in [-0.15, -0.1) is 0 Å². The molecule has 1 aromatic carbocycles. The summed E-state index contributed by atoms with van der Waals surface area (Å²) >= 11 is 6.24. The molecule has 2 N–H and O–H groups in total. The maximum absolute atomic E-state index is 6.24. The van der Waals surface area contributed by atoms with E-state index in [1.165, 1.54) is 0 Å². The Morgan fingerprint density at radius 2 is 1.82 bits per heavy atom. The van der Waals surface area contributed by atoms with Crippen LogP contribution in [0.1, 0.15) is 32.4 Å². The molecule has 0 aromatic heterocycles. The lowest BCUT2D eigenvalue weighted by molar-refractivity contribution is 0.152. The van der Waals surface area contributed by atoms with E-state index in [4.69, 9.17) is 17.3 Å². The molecule has 0 saturated carbocycles. The van der Waals surface area contributed by atoms with Crippen molar-refractivity contribution < 1.29 is 0 Å². The van der Waals surface area contributed by atoms with Gasteiger partial charge in [-0.2, -0.15) is 0 Å². The van der Waals surface area contributed by atoms with Gasteiger partial charge in [0.05, 0.1) is 0 Å². The number of hydrogen-bond acceptors (Lipinski definition) is 2. The van der Waals surface area contributed by atoms with Gasteiger partial charge in [0.15, 0.2) is 0 Å². The Bertz CT molecular complexity index is 352. The molecule has 96 valence electrons. The summed E-state index contributed by atoms with van der Waals surface area (Å²) in [5, 5.41) is 0.797. The lowest BCUT2D eigenvalue weighted by Gasteiger charge is -2.35. The van der Waals surface area contributed by atoms with Crippen molar-refractivity contribution in [2.45, 2.75) is 32.9 Å². The predicted molar refractivity (Wildman–Crippen MR) is 75.3 cm³/mol. The van der Waals surface area contributed by atoms with Crippen LogP contribution in [0.2, 0.25) is 5.02 Å². The van der Waals surface area contributed by atoms with Crippen LogP contribution in [0.15, 0.2) is 24.3 Å². The number of rotatable bonds is 5. The normalized spacial score (nSPS) is 15.3. The SMILES string of the molecule is CC(C)C(C)N(C)C(CN)c1ccccc1Cl. The van der Waals surface area contributed by atoms with Gasteiger partial charge in [0.2, 0.25) is 0 Å². The Morgan fingerprint density at radius 3 is 2.29 bits per heavy atom. The van der Waals surface area contributed by atoms with E-state index in [0.29, 0.717) is 18.5 Å². The van der Waals surface area contributed by atoms with Gasteiger partial charge in [-0.3, -0.25) is 4.90 Å². The molecule has 0 aliphatic rings. The van der Waals surface area contributed by atoms with Crippen molar-refractivity contribution in [3.8, 4) is 0 Å². The molecular formula is C14H23ClN2. The predicted octanol–water partition coefficient (Wildman–Crippen LogP) is 3.32. The molecule has 2 nitrogen and oxygen atoms in total. The molecule has 17 heavy (non-hydrogen) atoms. The van der Waals surface area contributed by atoms with Crippen molar-refractivity contribution in [2.75, 3.05) is 13.6 Å². The molecule has 0 aliphatic heterocycles. The highest BCUT2D eigenvalue weighted by Gasteiger charge is 2.23. The fourth-order valence-corrected chi connectivity index (χ4v) is 2.27. The summed E-state index contributed by atoms with van der Waals surface area (Å²) in [5.74, 6) is 0.594. The van der Waals surface area contributed by atoms with Gasteiger partial charge in [0, 0.05) is 23.7 Å². The third kappa shape index (κ3) is 3.44. The molecule has 3 heteroatoms. The number of likely N-dealkylation sites (N-methyl/N-ethyl adjacent to an activating group) is 1. The summed E-state index contributed by atoms with van der Waals surface area (Å²) in [6.45, 7) is 7.25. The highest BCUT2D eigenvalue weighted by atomic mass is 35.5. The van der Waals surface area contributed by atoms with Crippen LogP contribution in [0.3, 0.4) is 0 Å². The maximum Gasteiger partial charge on any atom is 0.0485 e. The molecule has 0 saturated heterocycles. The Hall–Kier alpha value is -0.570. The fourth-order valence-electron chi connectivity index (χ4n) is 2.01. The summed E-state index contributed by atoms with van der Waals surface area (Å²) in [5.41, 5.74) is 7.03. The third-order valence-electron chi connectivity index (χ3n) is 3.59. The minimum Gasteiger partial charge on any atom is -0.329 e. The lowest BCUT2D eigenvalue weighted by Crippen LogP contribution is -2.39. The second-order valence-electron chi connectivity index (χ2n) is 4.92. The van der Waals surface area contributed by atoms with Gasteiger partial charge < -0.3 is 5.73 Å². The average Bonchev–Trinajstić information content (AvgIpc) is 2.31. The van der Waals surface area contributed by atoms with Crippen LogP contribution in [0.4, 0.5) is 0 Å². The van der Waals surface area contributed by atoms with Crippen molar-refractivity contribution >= 4 is 11.6 Å². The maximum atomic E-state index is 6.24. The van der Waals surface area contributed by atoms with E-state index in [1.807, 2.05) is 18.2 Å². The molecule has 1 aromatic rings. The first kappa shape index (κ1) is 14.5. The van der Waals surface area contributed by atoms with E-state index in [0.717, 1.165) is 10.6 Å². The van der Waals surface area contributed by atoms with Gasteiger partial charge in [0.1, 0.15) is 0 Å². The summed E-state index contributed by atoms with van der Waals surface area (Å²) < 4.78 is 0. The van der Waals surface area contributed by atoms with E-state index < -0.39 is 0 Å². The quantitative estimate of drug-likeness (QED) is 0.874. The first-order valence-electron chi connectivity index (χ1n) is 6.15. The highest BCUT2D eigenvalue weighted by Crippen LogP contribution is 2.28. The number of hydrogen-bond donors (Lipinski definition) is 1. The number of halogens is 1. The summed E-state index contributed by atoms with van der Waals surface area (Å²) in [4.78, 5) is 2.31. The Balaban J connectivity index is 2.96. The van der Waals surface area contributed by atoms with Gasteiger partial charge >= 0.3 is 0 Å². The zero-order valence-electron chi connectivity index (χ0n) is 11.2. The van der Waals surface area contributed by atoms with Gasteiger partial charge in [-0.1, -0.05) is 43.6 Å². The van der Waals surface area contributed by atoms with Crippen LogP contribution in [-0.2, 0) is 0 Å². The standard InChI is InChI=1S/C14H23ClN2/c1-10(2)11(3)17(4)14(9-16)12-7-5-6-8-13(12)15/h5-8,10-11,14H,9,16H2,1-4H3. The Kier molecular flexibility index (Phi) is 5.44. The lowest BCUT2D eigenvalue weighted by atomic mass is 9.99. The number of nitrogens with zero attached hydrogens (tertiary/aromatic N) is 1. The monoisotopic (exact) mass is 254 g/mol. The van der Waals surface area contributed by atoms with Crippen LogP contribution in [0.5, 0.6) is 0 Å². The molecule has 2 atom stereocenters. The molecule has 0 aliphatic carbocycles. The highest BCUT2D eigenvalue weighted by molar-refractivity contribution is 6.31.